The zero-order chi connectivity index (χ0) is 13.3. The van der Waals surface area contributed by atoms with E-state index in [1.165, 1.54) is 12.1 Å². The molecular weight excluding hydrogens is 339 g/mol. The van der Waals surface area contributed by atoms with Crippen LogP contribution in [-0.2, 0) is 6.54 Å². The molecule has 2 aromatic rings. The van der Waals surface area contributed by atoms with E-state index in [-0.39, 0.29) is 5.82 Å². The van der Waals surface area contributed by atoms with Crippen LogP contribution in [0.1, 0.15) is 15.6 Å². The maximum Gasteiger partial charge on any atom is 0.125 e. The van der Waals surface area contributed by atoms with Crippen molar-refractivity contribution in [2.75, 3.05) is 5.32 Å². The number of halogens is 3. The fourth-order valence-corrected chi connectivity index (χ4v) is 3.45. The number of aromatic nitrogens is 1. The Bertz CT molecular complexity index is 562. The molecule has 0 amide bonds. The van der Waals surface area contributed by atoms with Crippen LogP contribution < -0.4 is 5.32 Å². The van der Waals surface area contributed by atoms with Crippen molar-refractivity contribution in [2.24, 2.45) is 0 Å². The molecule has 2 rings (SSSR count). The number of nitrogens with one attached hydrogen (secondary N) is 1. The Morgan fingerprint density at radius 1 is 1.44 bits per heavy atom. The number of aryl methyl sites for hydroxylation is 2. The molecule has 0 atom stereocenters. The summed E-state index contributed by atoms with van der Waals surface area (Å²) in [5.74, 6) is -0.359. The zero-order valence-corrected chi connectivity index (χ0v) is 13.0. The van der Waals surface area contributed by atoms with E-state index in [1.807, 2.05) is 13.8 Å². The third-order valence-electron chi connectivity index (χ3n) is 2.43. The van der Waals surface area contributed by atoms with Gasteiger partial charge >= 0.3 is 0 Å². The molecule has 0 aliphatic carbocycles. The van der Waals surface area contributed by atoms with Crippen LogP contribution in [0.25, 0.3) is 0 Å². The second-order valence-corrected chi connectivity index (χ2v) is 6.39. The molecule has 6 heteroatoms. The maximum absolute atomic E-state index is 13.1. The molecule has 2 nitrogen and oxygen atoms in total. The van der Waals surface area contributed by atoms with Gasteiger partial charge in [-0.15, -0.1) is 11.3 Å². The summed E-state index contributed by atoms with van der Waals surface area (Å²) >= 11 is 10.9. The lowest BCUT2D eigenvalue weighted by Gasteiger charge is -2.10. The topological polar surface area (TPSA) is 24.9 Å². The van der Waals surface area contributed by atoms with Crippen molar-refractivity contribution in [3.05, 3.63) is 43.0 Å². The monoisotopic (exact) mass is 348 g/mol. The van der Waals surface area contributed by atoms with Crippen molar-refractivity contribution >= 4 is 44.6 Å². The Morgan fingerprint density at radius 3 is 2.72 bits per heavy atom. The first-order chi connectivity index (χ1) is 8.47. The molecule has 18 heavy (non-hydrogen) atoms. The highest BCUT2D eigenvalue weighted by atomic mass is 79.9. The van der Waals surface area contributed by atoms with E-state index in [0.717, 1.165) is 15.6 Å². The highest BCUT2D eigenvalue weighted by molar-refractivity contribution is 9.10. The largest absolute Gasteiger partial charge is 0.378 e. The molecule has 96 valence electrons. The Hall–Kier alpha value is -0.650. The fourth-order valence-electron chi connectivity index (χ4n) is 1.62. The predicted molar refractivity (Wildman–Crippen MR) is 78.0 cm³/mol. The number of hydrogen-bond donors (Lipinski definition) is 1. The molecule has 0 saturated heterocycles. The van der Waals surface area contributed by atoms with E-state index >= 15 is 0 Å². The molecule has 1 aromatic heterocycles. The van der Waals surface area contributed by atoms with Gasteiger partial charge in [0, 0.05) is 9.35 Å². The number of thiazole rings is 1. The smallest absolute Gasteiger partial charge is 0.125 e. The van der Waals surface area contributed by atoms with E-state index in [1.54, 1.807) is 11.3 Å². The number of benzene rings is 1. The number of rotatable bonds is 3. The molecule has 0 saturated carbocycles. The molecule has 0 spiro atoms. The van der Waals surface area contributed by atoms with E-state index < -0.39 is 0 Å². The summed E-state index contributed by atoms with van der Waals surface area (Å²) in [5.41, 5.74) is 1.71. The van der Waals surface area contributed by atoms with Gasteiger partial charge < -0.3 is 5.32 Å². The van der Waals surface area contributed by atoms with Crippen molar-refractivity contribution < 1.29 is 4.39 Å². The summed E-state index contributed by atoms with van der Waals surface area (Å²) in [5, 5.41) is 4.60. The Balaban J connectivity index is 2.18. The van der Waals surface area contributed by atoms with Crippen LogP contribution in [-0.4, -0.2) is 4.98 Å². The second-order valence-electron chi connectivity index (χ2n) is 3.84. The lowest BCUT2D eigenvalue weighted by Crippen LogP contribution is -2.01. The molecule has 1 heterocycles. The van der Waals surface area contributed by atoms with Gasteiger partial charge in [0.2, 0.25) is 0 Å². The standard InChI is InChI=1S/C12H11BrClFN2S/c1-6-11(18-7(2)17-6)5-16-12-9(13)3-8(15)4-10(12)14/h3-4,16H,5H2,1-2H3. The summed E-state index contributed by atoms with van der Waals surface area (Å²) < 4.78 is 13.7. The van der Waals surface area contributed by atoms with Crippen LogP contribution in [0.4, 0.5) is 10.1 Å². The average molecular weight is 350 g/mol. The summed E-state index contributed by atoms with van der Waals surface area (Å²) in [6, 6.07) is 2.68. The van der Waals surface area contributed by atoms with Gasteiger partial charge in [0.15, 0.2) is 0 Å². The number of anilines is 1. The molecule has 0 radical (unpaired) electrons. The minimum atomic E-state index is -0.359. The summed E-state index contributed by atoms with van der Waals surface area (Å²) in [6.45, 7) is 4.57. The zero-order valence-electron chi connectivity index (χ0n) is 9.85. The van der Waals surface area contributed by atoms with Crippen LogP contribution in [0.3, 0.4) is 0 Å². The summed E-state index contributed by atoms with van der Waals surface area (Å²) in [6.07, 6.45) is 0. The van der Waals surface area contributed by atoms with Crippen LogP contribution in [0, 0.1) is 19.7 Å². The molecule has 0 aliphatic heterocycles. The Kier molecular flexibility index (Phi) is 4.25. The Labute approximate surface area is 122 Å². The first-order valence-corrected chi connectivity index (χ1v) is 7.27. The molecule has 0 bridgehead atoms. The molecule has 0 fully saturated rings. The van der Waals surface area contributed by atoms with E-state index in [4.69, 9.17) is 11.6 Å². The van der Waals surface area contributed by atoms with Crippen LogP contribution >= 0.6 is 38.9 Å². The van der Waals surface area contributed by atoms with Crippen molar-refractivity contribution in [3.63, 3.8) is 0 Å². The summed E-state index contributed by atoms with van der Waals surface area (Å²) in [4.78, 5) is 5.51. The minimum Gasteiger partial charge on any atom is -0.378 e. The molecule has 0 unspecified atom stereocenters. The minimum absolute atomic E-state index is 0.359. The van der Waals surface area contributed by atoms with Gasteiger partial charge in [0.05, 0.1) is 28.0 Å². The quantitative estimate of drug-likeness (QED) is 0.850. The third kappa shape index (κ3) is 3.02. The lowest BCUT2D eigenvalue weighted by atomic mass is 10.3. The fraction of sp³-hybridized carbons (Fsp3) is 0.250. The van der Waals surface area contributed by atoms with Gasteiger partial charge in [0.25, 0.3) is 0 Å². The second kappa shape index (κ2) is 5.55. The highest BCUT2D eigenvalue weighted by Gasteiger charge is 2.10. The van der Waals surface area contributed by atoms with Crippen molar-refractivity contribution in [1.29, 1.82) is 0 Å². The molecule has 1 N–H and O–H groups in total. The van der Waals surface area contributed by atoms with E-state index in [2.05, 4.69) is 26.2 Å². The van der Waals surface area contributed by atoms with Crippen molar-refractivity contribution in [2.45, 2.75) is 20.4 Å². The van der Waals surface area contributed by atoms with Crippen molar-refractivity contribution in [1.82, 2.24) is 4.98 Å². The Morgan fingerprint density at radius 2 is 2.17 bits per heavy atom. The van der Waals surface area contributed by atoms with E-state index in [0.29, 0.717) is 21.7 Å². The van der Waals surface area contributed by atoms with Crippen LogP contribution in [0.2, 0.25) is 5.02 Å². The van der Waals surface area contributed by atoms with Crippen LogP contribution in [0.5, 0.6) is 0 Å². The molecule has 1 aromatic carbocycles. The lowest BCUT2D eigenvalue weighted by molar-refractivity contribution is 0.627. The predicted octanol–water partition coefficient (Wildman–Crippen LogP) is 4.93. The first kappa shape index (κ1) is 13.8. The maximum atomic E-state index is 13.1. The van der Waals surface area contributed by atoms with Gasteiger partial charge in [-0.1, -0.05) is 11.6 Å². The number of nitrogens with zero attached hydrogens (tertiary/aromatic N) is 1. The van der Waals surface area contributed by atoms with Crippen molar-refractivity contribution in [3.8, 4) is 0 Å². The van der Waals surface area contributed by atoms with Gasteiger partial charge in [-0.3, -0.25) is 0 Å². The van der Waals surface area contributed by atoms with Gasteiger partial charge in [0.1, 0.15) is 5.82 Å². The molecular formula is C12H11BrClFN2S. The van der Waals surface area contributed by atoms with Crippen LogP contribution in [0.15, 0.2) is 16.6 Å². The van der Waals surface area contributed by atoms with Gasteiger partial charge in [-0.05, 0) is 41.9 Å². The number of hydrogen-bond acceptors (Lipinski definition) is 3. The average Bonchev–Trinajstić information content (AvgIpc) is 2.55. The van der Waals surface area contributed by atoms with Gasteiger partial charge in [-0.25, -0.2) is 9.37 Å². The summed E-state index contributed by atoms with van der Waals surface area (Å²) in [7, 11) is 0. The molecule has 0 aliphatic rings. The normalized spacial score (nSPS) is 10.7. The third-order valence-corrected chi connectivity index (χ3v) is 4.43. The SMILES string of the molecule is Cc1nc(C)c(CNc2c(Cl)cc(F)cc2Br)s1. The van der Waals surface area contributed by atoms with Gasteiger partial charge in [-0.2, -0.15) is 0 Å². The highest BCUT2D eigenvalue weighted by Crippen LogP contribution is 2.32. The first-order valence-electron chi connectivity index (χ1n) is 5.28. The van der Waals surface area contributed by atoms with E-state index in [9.17, 15) is 4.39 Å².